The van der Waals surface area contributed by atoms with Crippen LogP contribution in [0.4, 0.5) is 5.69 Å². The van der Waals surface area contributed by atoms with Gasteiger partial charge in [-0.15, -0.1) is 0 Å². The molecule has 0 aliphatic heterocycles. The molecule has 1 N–H and O–H groups in total. The van der Waals surface area contributed by atoms with Crippen LogP contribution in [0.5, 0.6) is 5.88 Å². The number of amides is 1. The number of fused-ring (bicyclic) bond motifs is 1. The molecular formula is C20H17N3O6. The molecule has 0 spiro atoms. The van der Waals surface area contributed by atoms with E-state index < -0.39 is 17.8 Å². The first kappa shape index (κ1) is 19.7. The van der Waals surface area contributed by atoms with Crippen molar-refractivity contribution in [3.05, 3.63) is 59.9 Å². The van der Waals surface area contributed by atoms with E-state index in [4.69, 9.17) is 4.74 Å². The van der Waals surface area contributed by atoms with Crippen LogP contribution in [-0.4, -0.2) is 48.6 Å². The van der Waals surface area contributed by atoms with E-state index in [-0.39, 0.29) is 29.3 Å². The van der Waals surface area contributed by atoms with E-state index in [9.17, 15) is 14.4 Å². The predicted octanol–water partition coefficient (Wildman–Crippen LogP) is 2.22. The summed E-state index contributed by atoms with van der Waals surface area (Å²) in [4.78, 5) is 44.1. The van der Waals surface area contributed by atoms with Gasteiger partial charge >= 0.3 is 11.9 Å². The van der Waals surface area contributed by atoms with Gasteiger partial charge in [0, 0.05) is 5.69 Å². The van der Waals surface area contributed by atoms with Crippen molar-refractivity contribution in [3.63, 3.8) is 0 Å². The lowest BCUT2D eigenvalue weighted by atomic mass is 10.1. The Morgan fingerprint density at radius 3 is 2.24 bits per heavy atom. The molecule has 0 bridgehead atoms. The lowest BCUT2D eigenvalue weighted by Crippen LogP contribution is -2.21. The van der Waals surface area contributed by atoms with Crippen LogP contribution in [0.25, 0.3) is 10.9 Å². The Labute approximate surface area is 165 Å². The van der Waals surface area contributed by atoms with E-state index in [1.807, 2.05) is 12.1 Å². The number of ether oxygens (including phenoxy) is 3. The van der Waals surface area contributed by atoms with Crippen LogP contribution < -0.4 is 10.1 Å². The fourth-order valence-electron chi connectivity index (χ4n) is 2.60. The molecule has 148 valence electrons. The summed E-state index contributed by atoms with van der Waals surface area (Å²) in [6, 6.07) is 11.3. The smallest absolute Gasteiger partial charge is 0.337 e. The van der Waals surface area contributed by atoms with Crippen molar-refractivity contribution in [1.82, 2.24) is 9.97 Å². The molecular weight excluding hydrogens is 378 g/mol. The summed E-state index contributed by atoms with van der Waals surface area (Å²) in [5.41, 5.74) is 1.09. The van der Waals surface area contributed by atoms with Crippen molar-refractivity contribution in [2.75, 3.05) is 26.1 Å². The first-order valence-electron chi connectivity index (χ1n) is 8.46. The molecule has 0 saturated carbocycles. The van der Waals surface area contributed by atoms with Crippen LogP contribution in [0.15, 0.2) is 48.8 Å². The number of carbonyl (C=O) groups excluding carboxylic acids is 3. The fraction of sp³-hybridized carbons (Fsp3) is 0.150. The molecule has 0 unspecified atom stereocenters. The number of esters is 2. The molecule has 0 saturated heterocycles. The van der Waals surface area contributed by atoms with Gasteiger partial charge in [0.2, 0.25) is 5.88 Å². The lowest BCUT2D eigenvalue weighted by molar-refractivity contribution is -0.118. The number of aromatic nitrogens is 2. The van der Waals surface area contributed by atoms with Gasteiger partial charge in [-0.05, 0) is 30.3 Å². The van der Waals surface area contributed by atoms with Gasteiger partial charge in [-0.2, -0.15) is 0 Å². The molecule has 0 fully saturated rings. The third kappa shape index (κ3) is 4.64. The molecule has 9 nitrogen and oxygen atoms in total. The third-order valence-corrected chi connectivity index (χ3v) is 3.91. The Balaban J connectivity index is 1.76. The van der Waals surface area contributed by atoms with E-state index in [0.717, 1.165) is 0 Å². The van der Waals surface area contributed by atoms with Crippen LogP contribution in [0.3, 0.4) is 0 Å². The second-order valence-electron chi connectivity index (χ2n) is 5.82. The summed E-state index contributed by atoms with van der Waals surface area (Å²) in [6.45, 7) is -0.336. The number of benzene rings is 2. The highest BCUT2D eigenvalue weighted by molar-refractivity contribution is 5.99. The number of carbonyl (C=O) groups is 3. The summed E-state index contributed by atoms with van der Waals surface area (Å²) in [5.74, 6) is -1.56. The van der Waals surface area contributed by atoms with Crippen LogP contribution in [0.1, 0.15) is 20.7 Å². The summed E-state index contributed by atoms with van der Waals surface area (Å²) >= 11 is 0. The largest absolute Gasteiger partial charge is 0.467 e. The van der Waals surface area contributed by atoms with Gasteiger partial charge in [0.15, 0.2) is 6.61 Å². The zero-order valence-corrected chi connectivity index (χ0v) is 15.7. The minimum absolute atomic E-state index is 0.0911. The van der Waals surface area contributed by atoms with Crippen molar-refractivity contribution >= 4 is 34.4 Å². The Morgan fingerprint density at radius 2 is 1.59 bits per heavy atom. The predicted molar refractivity (Wildman–Crippen MR) is 103 cm³/mol. The van der Waals surface area contributed by atoms with Crippen molar-refractivity contribution < 1.29 is 28.6 Å². The van der Waals surface area contributed by atoms with Gasteiger partial charge < -0.3 is 19.5 Å². The van der Waals surface area contributed by atoms with Crippen LogP contribution in [-0.2, 0) is 14.3 Å². The average Bonchev–Trinajstić information content (AvgIpc) is 2.76. The highest BCUT2D eigenvalue weighted by atomic mass is 16.5. The standard InChI is InChI=1S/C20H17N3O6/c1-27-19(25)12-7-13(20(26)28-2)9-14(8-12)23-17(24)10-29-18-15-5-3-4-6-16(15)21-11-22-18/h3-9,11H,10H2,1-2H3,(H,23,24). The highest BCUT2D eigenvalue weighted by Crippen LogP contribution is 2.21. The molecule has 1 aromatic heterocycles. The molecule has 29 heavy (non-hydrogen) atoms. The number of anilines is 1. The summed E-state index contributed by atoms with van der Waals surface area (Å²) in [6.07, 6.45) is 1.35. The summed E-state index contributed by atoms with van der Waals surface area (Å²) in [5, 5.41) is 3.25. The topological polar surface area (TPSA) is 117 Å². The molecule has 9 heteroatoms. The van der Waals surface area contributed by atoms with Crippen molar-refractivity contribution in [3.8, 4) is 5.88 Å². The number of nitrogens with one attached hydrogen (secondary N) is 1. The number of nitrogens with zero attached hydrogens (tertiary/aromatic N) is 2. The van der Waals surface area contributed by atoms with Crippen LogP contribution in [0.2, 0.25) is 0 Å². The molecule has 2 aromatic carbocycles. The zero-order chi connectivity index (χ0) is 20.8. The number of hydrogen-bond acceptors (Lipinski definition) is 8. The van der Waals surface area contributed by atoms with Gasteiger partial charge in [-0.1, -0.05) is 12.1 Å². The van der Waals surface area contributed by atoms with Crippen molar-refractivity contribution in [2.45, 2.75) is 0 Å². The Bertz CT molecular complexity index is 1040. The Morgan fingerprint density at radius 1 is 0.931 bits per heavy atom. The van der Waals surface area contributed by atoms with Crippen molar-refractivity contribution in [1.29, 1.82) is 0 Å². The number of hydrogen-bond donors (Lipinski definition) is 1. The molecule has 3 aromatic rings. The van der Waals surface area contributed by atoms with E-state index in [0.29, 0.717) is 10.9 Å². The van der Waals surface area contributed by atoms with E-state index in [1.165, 1.54) is 38.7 Å². The zero-order valence-electron chi connectivity index (χ0n) is 15.7. The average molecular weight is 395 g/mol. The minimum Gasteiger partial charge on any atom is -0.467 e. The fourth-order valence-corrected chi connectivity index (χ4v) is 2.60. The molecule has 0 radical (unpaired) electrons. The highest BCUT2D eigenvalue weighted by Gasteiger charge is 2.15. The maximum Gasteiger partial charge on any atom is 0.337 e. The Kier molecular flexibility index (Phi) is 5.98. The van der Waals surface area contributed by atoms with E-state index in [2.05, 4.69) is 24.8 Å². The minimum atomic E-state index is -0.657. The van der Waals surface area contributed by atoms with E-state index in [1.54, 1.807) is 12.1 Å². The van der Waals surface area contributed by atoms with Gasteiger partial charge in [0.25, 0.3) is 5.91 Å². The van der Waals surface area contributed by atoms with E-state index >= 15 is 0 Å². The molecule has 1 amide bonds. The van der Waals surface area contributed by atoms with Crippen LogP contribution in [0, 0.1) is 0 Å². The number of methoxy groups -OCH3 is 2. The SMILES string of the molecule is COC(=O)c1cc(NC(=O)COc2ncnc3ccccc23)cc(C(=O)OC)c1. The van der Waals surface area contributed by atoms with Gasteiger partial charge in [0.05, 0.1) is 36.2 Å². The first-order chi connectivity index (χ1) is 14.0. The Hall–Kier alpha value is -4.01. The quantitative estimate of drug-likeness (QED) is 0.632. The van der Waals surface area contributed by atoms with Crippen LogP contribution >= 0.6 is 0 Å². The second kappa shape index (κ2) is 8.79. The van der Waals surface area contributed by atoms with Gasteiger partial charge in [-0.25, -0.2) is 19.6 Å². The molecule has 0 aliphatic rings. The number of para-hydroxylation sites is 1. The van der Waals surface area contributed by atoms with Gasteiger partial charge in [-0.3, -0.25) is 4.79 Å². The van der Waals surface area contributed by atoms with Gasteiger partial charge in [0.1, 0.15) is 6.33 Å². The second-order valence-corrected chi connectivity index (χ2v) is 5.82. The molecule has 1 heterocycles. The maximum atomic E-state index is 12.3. The van der Waals surface area contributed by atoms with Crippen molar-refractivity contribution in [2.24, 2.45) is 0 Å². The third-order valence-electron chi connectivity index (χ3n) is 3.91. The number of rotatable bonds is 6. The molecule has 3 rings (SSSR count). The monoisotopic (exact) mass is 395 g/mol. The maximum absolute atomic E-state index is 12.3. The summed E-state index contributed by atoms with van der Waals surface area (Å²) in [7, 11) is 2.43. The summed E-state index contributed by atoms with van der Waals surface area (Å²) < 4.78 is 14.8. The normalized spacial score (nSPS) is 10.3. The lowest BCUT2D eigenvalue weighted by Gasteiger charge is -2.11. The molecule has 0 aliphatic carbocycles. The first-order valence-corrected chi connectivity index (χ1v) is 8.46. The molecule has 0 atom stereocenters.